The van der Waals surface area contributed by atoms with Crippen molar-refractivity contribution in [2.24, 2.45) is 0 Å². The Hall–Kier alpha value is -3.79. The average molecular weight is 350 g/mol. The van der Waals surface area contributed by atoms with Crippen molar-refractivity contribution in [3.63, 3.8) is 0 Å². The van der Waals surface area contributed by atoms with E-state index in [4.69, 9.17) is 14.2 Å². The van der Waals surface area contributed by atoms with Crippen LogP contribution in [0.3, 0.4) is 0 Å². The van der Waals surface area contributed by atoms with Gasteiger partial charge >= 0.3 is 5.97 Å². The summed E-state index contributed by atoms with van der Waals surface area (Å²) in [5, 5.41) is 11.9. The first-order valence-corrected chi connectivity index (χ1v) is 7.67. The van der Waals surface area contributed by atoms with Crippen LogP contribution in [0.15, 0.2) is 48.0 Å². The molecule has 7 nitrogen and oxygen atoms in total. The molecule has 0 bridgehead atoms. The lowest BCUT2D eigenvalue weighted by Gasteiger charge is -2.09. The molecular formula is C19H14N2O5. The number of esters is 1. The molecule has 0 aromatic heterocycles. The summed E-state index contributed by atoms with van der Waals surface area (Å²) in [6, 6.07) is 13.3. The van der Waals surface area contributed by atoms with E-state index in [-0.39, 0.29) is 24.0 Å². The number of hydrogen-bond donors (Lipinski definition) is 1. The molecule has 2 aromatic rings. The van der Waals surface area contributed by atoms with Crippen molar-refractivity contribution in [3.05, 3.63) is 53.6 Å². The summed E-state index contributed by atoms with van der Waals surface area (Å²) in [6.45, 7) is 1.48. The standard InChI is InChI=1S/C19H14N2O5/c1-12(22)21-15-4-2-3-5-16(15)26-19(23)14(10-20)8-13-6-7-17-18(9-13)25-11-24-17/h2-9H,11H2,1H3,(H,21,22)/b14-8-. The van der Waals surface area contributed by atoms with Gasteiger partial charge in [-0.25, -0.2) is 4.79 Å². The summed E-state index contributed by atoms with van der Waals surface area (Å²) >= 11 is 0. The minimum absolute atomic E-state index is 0.135. The molecule has 0 fully saturated rings. The zero-order valence-electron chi connectivity index (χ0n) is 13.8. The number of anilines is 1. The fourth-order valence-electron chi connectivity index (χ4n) is 2.31. The van der Waals surface area contributed by atoms with Crippen LogP contribution in [-0.4, -0.2) is 18.7 Å². The number of fused-ring (bicyclic) bond motifs is 1. The molecule has 7 heteroatoms. The molecule has 3 rings (SSSR count). The first-order chi connectivity index (χ1) is 12.6. The SMILES string of the molecule is CC(=O)Nc1ccccc1OC(=O)/C(C#N)=C\c1ccc2c(c1)OCO2. The lowest BCUT2D eigenvalue weighted by atomic mass is 10.1. The number of benzene rings is 2. The molecule has 0 unspecified atom stereocenters. The Bertz CT molecular complexity index is 943. The number of rotatable bonds is 4. The van der Waals surface area contributed by atoms with Gasteiger partial charge in [-0.05, 0) is 35.9 Å². The van der Waals surface area contributed by atoms with Crippen molar-refractivity contribution < 1.29 is 23.8 Å². The van der Waals surface area contributed by atoms with E-state index in [0.29, 0.717) is 22.7 Å². The Morgan fingerprint density at radius 3 is 2.73 bits per heavy atom. The van der Waals surface area contributed by atoms with Crippen molar-refractivity contribution in [2.45, 2.75) is 6.92 Å². The fraction of sp³-hybridized carbons (Fsp3) is 0.105. The van der Waals surface area contributed by atoms with E-state index in [1.165, 1.54) is 19.1 Å². The van der Waals surface area contributed by atoms with Gasteiger partial charge in [0.1, 0.15) is 11.6 Å². The Morgan fingerprint density at radius 1 is 1.19 bits per heavy atom. The first-order valence-electron chi connectivity index (χ1n) is 7.67. The topological polar surface area (TPSA) is 97.7 Å². The zero-order chi connectivity index (χ0) is 18.5. The predicted octanol–water partition coefficient (Wildman–Crippen LogP) is 2.89. The Kier molecular flexibility index (Phi) is 4.85. The van der Waals surface area contributed by atoms with Gasteiger partial charge in [0, 0.05) is 6.92 Å². The Morgan fingerprint density at radius 2 is 1.96 bits per heavy atom. The van der Waals surface area contributed by atoms with Crippen molar-refractivity contribution >= 4 is 23.6 Å². The van der Waals surface area contributed by atoms with Crippen LogP contribution in [0.4, 0.5) is 5.69 Å². The van der Waals surface area contributed by atoms with Crippen molar-refractivity contribution in [1.82, 2.24) is 0 Å². The number of para-hydroxylation sites is 2. The number of nitrogens with one attached hydrogen (secondary N) is 1. The second kappa shape index (κ2) is 7.40. The molecule has 2 aromatic carbocycles. The quantitative estimate of drug-likeness (QED) is 0.394. The van der Waals surface area contributed by atoms with Crippen molar-refractivity contribution in [3.8, 4) is 23.3 Å². The maximum Gasteiger partial charge on any atom is 0.354 e. The summed E-state index contributed by atoms with van der Waals surface area (Å²) in [4.78, 5) is 23.6. The molecule has 1 amide bonds. The molecule has 0 spiro atoms. The summed E-state index contributed by atoms with van der Waals surface area (Å²) in [5.41, 5.74) is 0.744. The van der Waals surface area contributed by atoms with Crippen LogP contribution < -0.4 is 19.5 Å². The summed E-state index contributed by atoms with van der Waals surface area (Å²) in [7, 11) is 0. The number of carbonyl (C=O) groups is 2. The monoisotopic (exact) mass is 350 g/mol. The van der Waals surface area contributed by atoms with Gasteiger partial charge in [-0.3, -0.25) is 4.79 Å². The molecule has 1 heterocycles. The molecule has 1 N–H and O–H groups in total. The highest BCUT2D eigenvalue weighted by molar-refractivity contribution is 6.00. The van der Waals surface area contributed by atoms with E-state index in [0.717, 1.165) is 0 Å². The highest BCUT2D eigenvalue weighted by atomic mass is 16.7. The molecule has 0 radical (unpaired) electrons. The van der Waals surface area contributed by atoms with Crippen LogP contribution in [0, 0.1) is 11.3 Å². The highest BCUT2D eigenvalue weighted by Crippen LogP contribution is 2.33. The molecule has 130 valence electrons. The first kappa shape index (κ1) is 17.0. The van der Waals surface area contributed by atoms with Gasteiger partial charge in [0.05, 0.1) is 5.69 Å². The van der Waals surface area contributed by atoms with Crippen molar-refractivity contribution in [2.75, 3.05) is 12.1 Å². The summed E-state index contributed by atoms with van der Waals surface area (Å²) < 4.78 is 15.8. The predicted molar refractivity (Wildman–Crippen MR) is 92.5 cm³/mol. The van der Waals surface area contributed by atoms with E-state index in [1.807, 2.05) is 6.07 Å². The number of nitriles is 1. The van der Waals surface area contributed by atoms with E-state index >= 15 is 0 Å². The minimum atomic E-state index is -0.831. The number of carbonyl (C=O) groups excluding carboxylic acids is 2. The maximum atomic E-state index is 12.3. The maximum absolute atomic E-state index is 12.3. The van der Waals surface area contributed by atoms with Gasteiger partial charge in [0.25, 0.3) is 0 Å². The average Bonchev–Trinajstić information content (AvgIpc) is 3.08. The molecular weight excluding hydrogens is 336 g/mol. The van der Waals surface area contributed by atoms with E-state index in [2.05, 4.69) is 5.32 Å². The number of amides is 1. The third-order valence-corrected chi connectivity index (χ3v) is 3.45. The highest BCUT2D eigenvalue weighted by Gasteiger charge is 2.17. The lowest BCUT2D eigenvalue weighted by Crippen LogP contribution is -2.13. The number of ether oxygens (including phenoxy) is 3. The summed E-state index contributed by atoms with van der Waals surface area (Å²) in [6.07, 6.45) is 1.39. The third kappa shape index (κ3) is 3.82. The van der Waals surface area contributed by atoms with E-state index in [1.54, 1.807) is 36.4 Å². The minimum Gasteiger partial charge on any atom is -0.454 e. The molecule has 0 saturated heterocycles. The van der Waals surface area contributed by atoms with Gasteiger partial charge in [-0.15, -0.1) is 0 Å². The van der Waals surface area contributed by atoms with Gasteiger partial charge in [0.15, 0.2) is 17.2 Å². The smallest absolute Gasteiger partial charge is 0.354 e. The molecule has 26 heavy (non-hydrogen) atoms. The number of nitrogens with zero attached hydrogens (tertiary/aromatic N) is 1. The zero-order valence-corrected chi connectivity index (χ0v) is 13.8. The molecule has 1 aliphatic rings. The van der Waals surface area contributed by atoms with Gasteiger partial charge in [-0.2, -0.15) is 5.26 Å². The molecule has 0 atom stereocenters. The molecule has 0 aliphatic carbocycles. The lowest BCUT2D eigenvalue weighted by molar-refractivity contribution is -0.129. The van der Waals surface area contributed by atoms with Crippen molar-refractivity contribution in [1.29, 1.82) is 5.26 Å². The molecule has 0 saturated carbocycles. The van der Waals surface area contributed by atoms with Crippen LogP contribution in [0.5, 0.6) is 17.2 Å². The largest absolute Gasteiger partial charge is 0.454 e. The van der Waals surface area contributed by atoms with E-state index in [9.17, 15) is 14.9 Å². The van der Waals surface area contributed by atoms with Crippen LogP contribution in [0.2, 0.25) is 0 Å². The second-order valence-corrected chi connectivity index (χ2v) is 5.35. The Balaban J connectivity index is 1.82. The van der Waals surface area contributed by atoms with Gasteiger partial charge in [-0.1, -0.05) is 18.2 Å². The van der Waals surface area contributed by atoms with E-state index < -0.39 is 5.97 Å². The van der Waals surface area contributed by atoms with Crippen LogP contribution >= 0.6 is 0 Å². The number of hydrogen-bond acceptors (Lipinski definition) is 6. The Labute approximate surface area is 149 Å². The summed E-state index contributed by atoms with van der Waals surface area (Å²) in [5.74, 6) is 0.167. The fourth-order valence-corrected chi connectivity index (χ4v) is 2.31. The van der Waals surface area contributed by atoms with Gasteiger partial charge in [0.2, 0.25) is 12.7 Å². The van der Waals surface area contributed by atoms with Crippen LogP contribution in [-0.2, 0) is 9.59 Å². The van der Waals surface area contributed by atoms with Crippen LogP contribution in [0.1, 0.15) is 12.5 Å². The normalized spacial score (nSPS) is 12.2. The van der Waals surface area contributed by atoms with Crippen LogP contribution in [0.25, 0.3) is 6.08 Å². The third-order valence-electron chi connectivity index (χ3n) is 3.45. The molecule has 1 aliphatic heterocycles. The van der Waals surface area contributed by atoms with Gasteiger partial charge < -0.3 is 19.5 Å². The second-order valence-electron chi connectivity index (χ2n) is 5.35.